The molecule has 2 rings (SSSR count). The number of rotatable bonds is 3. The average molecular weight is 261 g/mol. The summed E-state index contributed by atoms with van der Waals surface area (Å²) in [5.74, 6) is -0.277. The van der Waals surface area contributed by atoms with Gasteiger partial charge in [-0.3, -0.25) is 0 Å². The lowest BCUT2D eigenvalue weighted by Crippen LogP contribution is -2.01. The molecule has 0 aliphatic carbocycles. The number of nitrogens with one attached hydrogen (secondary N) is 1. The van der Waals surface area contributed by atoms with Gasteiger partial charge in [-0.15, -0.1) is 0 Å². The summed E-state index contributed by atoms with van der Waals surface area (Å²) in [7, 11) is 0. The van der Waals surface area contributed by atoms with Crippen molar-refractivity contribution in [2.45, 2.75) is 6.54 Å². The molecule has 0 unspecified atom stereocenters. The smallest absolute Gasteiger partial charge is 0.123 e. The predicted octanol–water partition coefficient (Wildman–Crippen LogP) is 3.96. The number of benzene rings is 2. The van der Waals surface area contributed by atoms with Crippen LogP contribution in [0.25, 0.3) is 0 Å². The van der Waals surface area contributed by atoms with E-state index in [9.17, 15) is 4.39 Å². The van der Waals surface area contributed by atoms with Gasteiger partial charge in [0.2, 0.25) is 0 Å². The van der Waals surface area contributed by atoms with Crippen LogP contribution in [0.15, 0.2) is 42.5 Å². The Hall–Kier alpha value is -2.05. The molecule has 90 valence electrons. The van der Waals surface area contributed by atoms with Crippen molar-refractivity contribution in [3.8, 4) is 6.07 Å². The van der Waals surface area contributed by atoms with Crippen LogP contribution in [0.2, 0.25) is 5.02 Å². The molecule has 0 heterocycles. The third-order valence-electron chi connectivity index (χ3n) is 2.47. The Balaban J connectivity index is 2.15. The number of hydrogen-bond donors (Lipinski definition) is 1. The van der Waals surface area contributed by atoms with Crippen LogP contribution in [0.5, 0.6) is 0 Å². The number of anilines is 1. The maximum absolute atomic E-state index is 13.0. The first-order valence-corrected chi connectivity index (χ1v) is 5.75. The minimum Gasteiger partial charge on any atom is -0.380 e. The molecule has 0 spiro atoms. The highest BCUT2D eigenvalue weighted by atomic mass is 35.5. The molecule has 0 radical (unpaired) electrons. The van der Waals surface area contributed by atoms with Gasteiger partial charge >= 0.3 is 0 Å². The molecule has 0 saturated heterocycles. The van der Waals surface area contributed by atoms with Crippen LogP contribution in [0.1, 0.15) is 11.1 Å². The van der Waals surface area contributed by atoms with Crippen molar-refractivity contribution in [2.75, 3.05) is 5.32 Å². The third-order valence-corrected chi connectivity index (χ3v) is 2.71. The Morgan fingerprint density at radius 1 is 1.22 bits per heavy atom. The number of halogens is 2. The summed E-state index contributed by atoms with van der Waals surface area (Å²) in [5, 5.41) is 12.6. The van der Waals surface area contributed by atoms with Gasteiger partial charge in [-0.1, -0.05) is 23.7 Å². The molecule has 18 heavy (non-hydrogen) atoms. The molecule has 1 N–H and O–H groups in total. The first-order chi connectivity index (χ1) is 8.69. The van der Waals surface area contributed by atoms with Gasteiger partial charge in [0, 0.05) is 11.6 Å². The highest BCUT2D eigenvalue weighted by Gasteiger charge is 2.03. The minimum absolute atomic E-state index is 0.277. The van der Waals surface area contributed by atoms with Gasteiger partial charge in [-0.25, -0.2) is 4.39 Å². The second kappa shape index (κ2) is 5.52. The summed E-state index contributed by atoms with van der Waals surface area (Å²) in [6, 6.07) is 13.4. The number of hydrogen-bond acceptors (Lipinski definition) is 2. The van der Waals surface area contributed by atoms with E-state index in [0.29, 0.717) is 22.8 Å². The van der Waals surface area contributed by atoms with Gasteiger partial charge in [0.15, 0.2) is 0 Å². The van der Waals surface area contributed by atoms with Crippen molar-refractivity contribution >= 4 is 17.3 Å². The largest absolute Gasteiger partial charge is 0.380 e. The van der Waals surface area contributed by atoms with Crippen LogP contribution in [0, 0.1) is 17.1 Å². The summed E-state index contributed by atoms with van der Waals surface area (Å²) in [4.78, 5) is 0. The predicted molar refractivity (Wildman–Crippen MR) is 69.9 cm³/mol. The normalized spacial score (nSPS) is 9.83. The fraction of sp³-hybridized carbons (Fsp3) is 0.0714. The second-order valence-corrected chi connectivity index (χ2v) is 4.22. The first kappa shape index (κ1) is 12.4. The molecule has 0 bridgehead atoms. The lowest BCUT2D eigenvalue weighted by Gasteiger charge is -2.08. The van der Waals surface area contributed by atoms with E-state index in [1.54, 1.807) is 24.3 Å². The van der Waals surface area contributed by atoms with Gasteiger partial charge in [-0.2, -0.15) is 5.26 Å². The highest BCUT2D eigenvalue weighted by Crippen LogP contribution is 2.21. The Kier molecular flexibility index (Phi) is 3.81. The van der Waals surface area contributed by atoms with E-state index in [1.807, 2.05) is 6.07 Å². The zero-order valence-corrected chi connectivity index (χ0v) is 10.2. The molecule has 2 aromatic carbocycles. The van der Waals surface area contributed by atoms with E-state index < -0.39 is 0 Å². The molecule has 2 aromatic rings. The summed E-state index contributed by atoms with van der Waals surface area (Å²) in [6.07, 6.45) is 0. The SMILES string of the molecule is N#Cc1ccc(Cl)cc1NCc1cccc(F)c1. The van der Waals surface area contributed by atoms with Gasteiger partial charge < -0.3 is 5.32 Å². The van der Waals surface area contributed by atoms with E-state index >= 15 is 0 Å². The Morgan fingerprint density at radius 2 is 2.06 bits per heavy atom. The van der Waals surface area contributed by atoms with E-state index in [4.69, 9.17) is 16.9 Å². The Morgan fingerprint density at radius 3 is 2.78 bits per heavy atom. The molecule has 0 aliphatic rings. The molecule has 0 fully saturated rings. The third kappa shape index (κ3) is 2.99. The van der Waals surface area contributed by atoms with Gasteiger partial charge in [0.05, 0.1) is 11.3 Å². The van der Waals surface area contributed by atoms with E-state index in [-0.39, 0.29) is 5.82 Å². The molecule has 0 saturated carbocycles. The van der Waals surface area contributed by atoms with Crippen LogP contribution in [-0.2, 0) is 6.54 Å². The second-order valence-electron chi connectivity index (χ2n) is 3.79. The van der Waals surface area contributed by atoms with Crippen LogP contribution in [0.4, 0.5) is 10.1 Å². The molecule has 4 heteroatoms. The fourth-order valence-electron chi connectivity index (χ4n) is 1.60. The number of nitriles is 1. The summed E-state index contributed by atoms with van der Waals surface area (Å²) < 4.78 is 13.0. The molecule has 0 amide bonds. The van der Waals surface area contributed by atoms with Crippen LogP contribution >= 0.6 is 11.6 Å². The molecule has 0 aliphatic heterocycles. The van der Waals surface area contributed by atoms with Crippen molar-refractivity contribution < 1.29 is 4.39 Å². The van der Waals surface area contributed by atoms with Crippen LogP contribution in [-0.4, -0.2) is 0 Å². The van der Waals surface area contributed by atoms with Crippen LogP contribution < -0.4 is 5.32 Å². The lowest BCUT2D eigenvalue weighted by atomic mass is 10.1. The minimum atomic E-state index is -0.277. The Labute approximate surface area is 110 Å². The van der Waals surface area contributed by atoms with Crippen molar-refractivity contribution in [3.63, 3.8) is 0 Å². The lowest BCUT2D eigenvalue weighted by molar-refractivity contribution is 0.626. The van der Waals surface area contributed by atoms with E-state index in [0.717, 1.165) is 5.56 Å². The Bertz CT molecular complexity index is 605. The van der Waals surface area contributed by atoms with Crippen molar-refractivity contribution in [1.82, 2.24) is 0 Å². The van der Waals surface area contributed by atoms with E-state index in [2.05, 4.69) is 11.4 Å². The molecular formula is C14H10ClFN2. The topological polar surface area (TPSA) is 35.8 Å². The van der Waals surface area contributed by atoms with Crippen molar-refractivity contribution in [2.24, 2.45) is 0 Å². The highest BCUT2D eigenvalue weighted by molar-refractivity contribution is 6.30. The maximum Gasteiger partial charge on any atom is 0.123 e. The molecule has 2 nitrogen and oxygen atoms in total. The number of nitrogens with zero attached hydrogens (tertiary/aromatic N) is 1. The van der Waals surface area contributed by atoms with Crippen LogP contribution in [0.3, 0.4) is 0 Å². The molecule has 0 atom stereocenters. The first-order valence-electron chi connectivity index (χ1n) is 5.37. The molecule has 0 aromatic heterocycles. The van der Waals surface area contributed by atoms with Gasteiger partial charge in [0.25, 0.3) is 0 Å². The summed E-state index contributed by atoms with van der Waals surface area (Å²) >= 11 is 5.87. The molecular weight excluding hydrogens is 251 g/mol. The van der Waals surface area contributed by atoms with E-state index in [1.165, 1.54) is 12.1 Å². The average Bonchev–Trinajstić information content (AvgIpc) is 2.37. The van der Waals surface area contributed by atoms with Crippen molar-refractivity contribution in [1.29, 1.82) is 5.26 Å². The van der Waals surface area contributed by atoms with Gasteiger partial charge in [-0.05, 0) is 35.9 Å². The fourth-order valence-corrected chi connectivity index (χ4v) is 1.78. The quantitative estimate of drug-likeness (QED) is 0.907. The zero-order valence-electron chi connectivity index (χ0n) is 9.45. The summed E-state index contributed by atoms with van der Waals surface area (Å²) in [5.41, 5.74) is 1.96. The zero-order chi connectivity index (χ0) is 13.0. The summed E-state index contributed by atoms with van der Waals surface area (Å²) in [6.45, 7) is 0.437. The standard InChI is InChI=1S/C14H10ClFN2/c15-12-5-4-11(8-17)14(7-12)18-9-10-2-1-3-13(16)6-10/h1-7,18H,9H2. The van der Waals surface area contributed by atoms with Crippen molar-refractivity contribution in [3.05, 3.63) is 64.4 Å². The van der Waals surface area contributed by atoms with Gasteiger partial charge in [0.1, 0.15) is 11.9 Å². The maximum atomic E-state index is 13.0. The monoisotopic (exact) mass is 260 g/mol.